The average molecular weight is 612 g/mol. The Balaban J connectivity index is 1.53. The number of sulfonamides is 1. The molecule has 0 bridgehead atoms. The van der Waals surface area contributed by atoms with Crippen LogP contribution in [0.3, 0.4) is 0 Å². The van der Waals surface area contributed by atoms with Crippen molar-refractivity contribution < 1.29 is 35.9 Å². The highest BCUT2D eigenvalue weighted by atomic mass is 32.2. The number of para-hydroxylation sites is 1. The molecule has 1 amide bonds. The van der Waals surface area contributed by atoms with Gasteiger partial charge in [-0.2, -0.15) is 13.2 Å². The number of benzene rings is 4. The molecule has 0 atom stereocenters. The number of anilines is 2. The molecule has 5 rings (SSSR count). The summed E-state index contributed by atoms with van der Waals surface area (Å²) < 4.78 is 81.6. The zero-order chi connectivity index (χ0) is 30.9. The molecule has 8 nitrogen and oxygen atoms in total. The molecule has 224 valence electrons. The van der Waals surface area contributed by atoms with Gasteiger partial charge in [-0.25, -0.2) is 8.42 Å². The number of methoxy groups -OCH3 is 2. The number of ether oxygens (including phenoxy) is 2. The Morgan fingerprint density at radius 3 is 2.28 bits per heavy atom. The van der Waals surface area contributed by atoms with E-state index in [1.54, 1.807) is 12.1 Å². The van der Waals surface area contributed by atoms with Crippen molar-refractivity contribution in [2.75, 3.05) is 30.4 Å². The zero-order valence-corrected chi connectivity index (χ0v) is 24.3. The maximum Gasteiger partial charge on any atom is 0.416 e. The number of hydrogen-bond donors (Lipinski definition) is 1. The minimum atomic E-state index is -4.73. The second-order valence-electron chi connectivity index (χ2n) is 9.62. The van der Waals surface area contributed by atoms with Gasteiger partial charge in [0.15, 0.2) is 11.5 Å². The van der Waals surface area contributed by atoms with Crippen LogP contribution in [0.5, 0.6) is 11.5 Å². The lowest BCUT2D eigenvalue weighted by atomic mass is 10.1. The molecule has 0 saturated carbocycles. The molecule has 1 N–H and O–H groups in total. The van der Waals surface area contributed by atoms with Gasteiger partial charge in [-0.3, -0.25) is 9.10 Å². The number of amides is 1. The van der Waals surface area contributed by atoms with E-state index < -0.39 is 34.2 Å². The highest BCUT2D eigenvalue weighted by molar-refractivity contribution is 7.92. The Morgan fingerprint density at radius 2 is 1.58 bits per heavy atom. The third-order valence-electron chi connectivity index (χ3n) is 7.06. The fraction of sp³-hybridized carbons (Fsp3) is 0.194. The van der Waals surface area contributed by atoms with Gasteiger partial charge in [-0.05, 0) is 61.5 Å². The van der Waals surface area contributed by atoms with E-state index >= 15 is 0 Å². The van der Waals surface area contributed by atoms with Crippen LogP contribution < -0.4 is 19.1 Å². The monoisotopic (exact) mass is 611 g/mol. The minimum Gasteiger partial charge on any atom is -0.493 e. The Morgan fingerprint density at radius 1 is 0.860 bits per heavy atom. The molecule has 0 spiro atoms. The summed E-state index contributed by atoms with van der Waals surface area (Å²) in [5.74, 6) is -0.402. The van der Waals surface area contributed by atoms with E-state index in [0.717, 1.165) is 40.5 Å². The highest BCUT2D eigenvalue weighted by Crippen LogP contribution is 2.36. The second-order valence-corrected chi connectivity index (χ2v) is 11.5. The summed E-state index contributed by atoms with van der Waals surface area (Å²) >= 11 is 0. The van der Waals surface area contributed by atoms with Crippen molar-refractivity contribution in [1.82, 2.24) is 4.57 Å². The van der Waals surface area contributed by atoms with Gasteiger partial charge in [-0.1, -0.05) is 24.3 Å². The Bertz CT molecular complexity index is 1940. The lowest BCUT2D eigenvalue weighted by Gasteiger charge is -2.25. The highest BCUT2D eigenvalue weighted by Gasteiger charge is 2.33. The number of nitrogens with one attached hydrogen (secondary N) is 1. The molecule has 1 aromatic heterocycles. The fourth-order valence-electron chi connectivity index (χ4n) is 5.06. The van der Waals surface area contributed by atoms with Crippen LogP contribution >= 0.6 is 0 Å². The van der Waals surface area contributed by atoms with Crippen molar-refractivity contribution in [3.63, 3.8) is 0 Å². The van der Waals surface area contributed by atoms with E-state index in [4.69, 9.17) is 9.47 Å². The number of fused-ring (bicyclic) bond motifs is 3. The molecule has 43 heavy (non-hydrogen) atoms. The Hall–Kier alpha value is -4.71. The van der Waals surface area contributed by atoms with Crippen molar-refractivity contribution in [3.05, 3.63) is 90.5 Å². The molecular formula is C31H28F3N3O5S. The molecule has 0 aliphatic heterocycles. The smallest absolute Gasteiger partial charge is 0.416 e. The van der Waals surface area contributed by atoms with E-state index in [1.165, 1.54) is 38.5 Å². The van der Waals surface area contributed by atoms with Crippen molar-refractivity contribution >= 4 is 49.1 Å². The van der Waals surface area contributed by atoms with Gasteiger partial charge in [0.25, 0.3) is 10.0 Å². The van der Waals surface area contributed by atoms with E-state index in [-0.39, 0.29) is 22.1 Å². The van der Waals surface area contributed by atoms with Crippen molar-refractivity contribution in [3.8, 4) is 11.5 Å². The van der Waals surface area contributed by atoms with Crippen LogP contribution in [0.25, 0.3) is 21.8 Å². The first-order valence-electron chi connectivity index (χ1n) is 13.2. The number of halogens is 3. The predicted molar refractivity (Wildman–Crippen MR) is 159 cm³/mol. The third-order valence-corrected chi connectivity index (χ3v) is 8.83. The van der Waals surface area contributed by atoms with Crippen LogP contribution in [0.4, 0.5) is 24.5 Å². The van der Waals surface area contributed by atoms with E-state index in [2.05, 4.69) is 9.88 Å². The molecule has 0 aliphatic rings. The van der Waals surface area contributed by atoms with E-state index in [1.807, 2.05) is 37.3 Å². The number of nitrogens with zero attached hydrogens (tertiary/aromatic N) is 2. The summed E-state index contributed by atoms with van der Waals surface area (Å²) in [6.45, 7) is 1.96. The van der Waals surface area contributed by atoms with Gasteiger partial charge >= 0.3 is 6.18 Å². The van der Waals surface area contributed by atoms with Gasteiger partial charge in [0, 0.05) is 40.1 Å². The number of alkyl halides is 3. The summed E-state index contributed by atoms with van der Waals surface area (Å²) in [4.78, 5) is 13.0. The lowest BCUT2D eigenvalue weighted by molar-refractivity contribution is -0.137. The van der Waals surface area contributed by atoms with Gasteiger partial charge < -0.3 is 19.4 Å². The van der Waals surface area contributed by atoms with Crippen LogP contribution in [0.2, 0.25) is 0 Å². The summed E-state index contributed by atoms with van der Waals surface area (Å²) in [7, 11) is -1.86. The normalized spacial score (nSPS) is 12.0. The van der Waals surface area contributed by atoms with Crippen molar-refractivity contribution in [2.45, 2.75) is 24.5 Å². The first kappa shape index (κ1) is 29.8. The molecule has 0 saturated heterocycles. The van der Waals surface area contributed by atoms with E-state index in [0.29, 0.717) is 16.1 Å². The Kier molecular flexibility index (Phi) is 7.98. The largest absolute Gasteiger partial charge is 0.493 e. The van der Waals surface area contributed by atoms with Crippen LogP contribution in [0.15, 0.2) is 89.8 Å². The van der Waals surface area contributed by atoms with Crippen LogP contribution in [-0.2, 0) is 27.5 Å². The SMILES string of the molecule is CCn1c2ccccc2c2cc(NC(=O)CN(c3cccc(C(F)(F)F)c3)S(=O)(=O)c3ccc(OC)c(OC)c3)ccc21. The zero-order valence-electron chi connectivity index (χ0n) is 23.5. The predicted octanol–water partition coefficient (Wildman–Crippen LogP) is 6.68. The number of carbonyl (C=O) groups is 1. The first-order chi connectivity index (χ1) is 20.5. The summed E-state index contributed by atoms with van der Waals surface area (Å²) in [5.41, 5.74) is 1.00. The molecule has 0 unspecified atom stereocenters. The van der Waals surface area contributed by atoms with Gasteiger partial charge in [-0.15, -0.1) is 0 Å². The standard InChI is InChI=1S/C31H28F3N3O5S/c1-4-36-26-11-6-5-10-24(26)25-17-21(12-14-27(25)36)35-30(38)19-37(22-9-7-8-20(16-22)31(32,33)34)43(39,40)23-13-15-28(41-2)29(18-23)42-3/h5-18H,4,19H2,1-3H3,(H,35,38). The summed E-state index contributed by atoms with van der Waals surface area (Å²) in [6.07, 6.45) is -4.73. The second kappa shape index (κ2) is 11.5. The Labute approximate surface area is 246 Å². The van der Waals surface area contributed by atoms with E-state index in [9.17, 15) is 26.4 Å². The first-order valence-corrected chi connectivity index (χ1v) is 14.6. The maximum absolute atomic E-state index is 13.9. The van der Waals surface area contributed by atoms with Crippen LogP contribution in [0.1, 0.15) is 12.5 Å². The van der Waals surface area contributed by atoms with Gasteiger partial charge in [0.1, 0.15) is 6.54 Å². The molecule has 4 aromatic carbocycles. The fourth-order valence-corrected chi connectivity index (χ4v) is 6.49. The van der Waals surface area contributed by atoms with Crippen LogP contribution in [0, 0.1) is 0 Å². The molecular weight excluding hydrogens is 583 g/mol. The number of carbonyl (C=O) groups excluding carboxylic acids is 1. The van der Waals surface area contributed by atoms with Crippen molar-refractivity contribution in [2.24, 2.45) is 0 Å². The number of hydrogen-bond acceptors (Lipinski definition) is 5. The van der Waals surface area contributed by atoms with Crippen LogP contribution in [-0.4, -0.2) is 39.7 Å². The van der Waals surface area contributed by atoms with Gasteiger partial charge in [0.05, 0.1) is 30.4 Å². The molecule has 0 fully saturated rings. The van der Waals surface area contributed by atoms with Gasteiger partial charge in [0.2, 0.25) is 5.91 Å². The molecule has 5 aromatic rings. The topological polar surface area (TPSA) is 89.9 Å². The molecule has 12 heteroatoms. The summed E-state index contributed by atoms with van der Waals surface area (Å²) in [5, 5.41) is 4.59. The quantitative estimate of drug-likeness (QED) is 0.201. The molecule has 1 heterocycles. The molecule has 0 radical (unpaired) electrons. The average Bonchev–Trinajstić information content (AvgIpc) is 3.31. The number of aromatic nitrogens is 1. The number of aryl methyl sites for hydroxylation is 1. The lowest BCUT2D eigenvalue weighted by Crippen LogP contribution is -2.38. The maximum atomic E-state index is 13.9. The number of rotatable bonds is 9. The minimum absolute atomic E-state index is 0.0940. The third kappa shape index (κ3) is 5.70. The molecule has 0 aliphatic carbocycles. The summed E-state index contributed by atoms with van der Waals surface area (Å²) in [6, 6.07) is 20.8. The van der Waals surface area contributed by atoms with Crippen molar-refractivity contribution in [1.29, 1.82) is 0 Å².